The van der Waals surface area contributed by atoms with Crippen LogP contribution in [0, 0.1) is 17.1 Å². The molecule has 1 aromatic carbocycles. The molecule has 6 heteroatoms. The van der Waals surface area contributed by atoms with Crippen LogP contribution in [0.5, 0.6) is 0 Å². The number of carbonyl (C=O) groups is 1. The van der Waals surface area contributed by atoms with Gasteiger partial charge in [-0.3, -0.25) is 0 Å². The summed E-state index contributed by atoms with van der Waals surface area (Å²) in [7, 11) is 0. The first-order valence-corrected chi connectivity index (χ1v) is 8.74. The van der Waals surface area contributed by atoms with Crippen molar-refractivity contribution < 1.29 is 9.18 Å². The number of halogens is 1. The fourth-order valence-corrected chi connectivity index (χ4v) is 3.41. The minimum Gasteiger partial charge on any atom is -0.326 e. The second kappa shape index (κ2) is 8.59. The van der Waals surface area contributed by atoms with Crippen molar-refractivity contribution in [1.29, 1.82) is 5.26 Å². The van der Waals surface area contributed by atoms with Crippen molar-refractivity contribution in [3.05, 3.63) is 46.2 Å². The largest absolute Gasteiger partial charge is 0.326 e. The second-order valence-electron chi connectivity index (χ2n) is 5.35. The first-order valence-electron chi connectivity index (χ1n) is 7.75. The molecule has 0 radical (unpaired) electrons. The molecule has 2 rings (SSSR count). The zero-order chi connectivity index (χ0) is 16.7. The minimum atomic E-state index is -0.535. The van der Waals surface area contributed by atoms with Gasteiger partial charge in [0.25, 0.3) is 0 Å². The van der Waals surface area contributed by atoms with Gasteiger partial charge in [0, 0.05) is 0 Å². The maximum atomic E-state index is 13.1. The van der Waals surface area contributed by atoms with Crippen molar-refractivity contribution in [3.8, 4) is 6.07 Å². The summed E-state index contributed by atoms with van der Waals surface area (Å²) >= 11 is 1.50. The van der Waals surface area contributed by atoms with Gasteiger partial charge in [-0.15, -0.1) is 11.8 Å². The van der Waals surface area contributed by atoms with E-state index in [2.05, 4.69) is 23.6 Å². The lowest BCUT2D eigenvalue weighted by Gasteiger charge is -2.26. The second-order valence-corrected chi connectivity index (χ2v) is 6.45. The summed E-state index contributed by atoms with van der Waals surface area (Å²) in [5.74, 6) is 0.513. The highest BCUT2D eigenvalue weighted by molar-refractivity contribution is 8.03. The highest BCUT2D eigenvalue weighted by Crippen LogP contribution is 2.31. The predicted octanol–water partition coefficient (Wildman–Crippen LogP) is 4.23. The Morgan fingerprint density at radius 3 is 2.65 bits per heavy atom. The predicted molar refractivity (Wildman–Crippen MR) is 90.0 cm³/mol. The van der Waals surface area contributed by atoms with Gasteiger partial charge in [0.05, 0.1) is 16.6 Å². The van der Waals surface area contributed by atoms with Crippen molar-refractivity contribution in [1.82, 2.24) is 10.6 Å². The smallest absolute Gasteiger partial charge is 0.320 e. The van der Waals surface area contributed by atoms with Gasteiger partial charge in [-0.25, -0.2) is 9.18 Å². The Hall–Kier alpha value is -2.00. The monoisotopic (exact) mass is 333 g/mol. The average molecular weight is 333 g/mol. The van der Waals surface area contributed by atoms with E-state index in [0.717, 1.165) is 18.6 Å². The Balaban J connectivity index is 2.14. The number of benzene rings is 1. The van der Waals surface area contributed by atoms with Gasteiger partial charge in [-0.2, -0.15) is 5.26 Å². The normalized spacial score (nSPS) is 17.4. The van der Waals surface area contributed by atoms with E-state index in [-0.39, 0.29) is 11.8 Å². The number of nitrogens with one attached hydrogen (secondary N) is 2. The van der Waals surface area contributed by atoms with Crippen LogP contribution in [0.4, 0.5) is 9.18 Å². The van der Waals surface area contributed by atoms with Crippen LogP contribution in [-0.2, 0) is 0 Å². The van der Waals surface area contributed by atoms with Gasteiger partial charge in [0.2, 0.25) is 0 Å². The zero-order valence-electron chi connectivity index (χ0n) is 13.1. The quantitative estimate of drug-likeness (QED) is 0.734. The maximum Gasteiger partial charge on any atom is 0.320 e. The summed E-state index contributed by atoms with van der Waals surface area (Å²) < 4.78 is 13.1. The third-order valence-electron chi connectivity index (χ3n) is 3.60. The van der Waals surface area contributed by atoms with Crippen LogP contribution < -0.4 is 10.6 Å². The Morgan fingerprint density at radius 1 is 1.26 bits per heavy atom. The van der Waals surface area contributed by atoms with Gasteiger partial charge >= 0.3 is 6.03 Å². The van der Waals surface area contributed by atoms with E-state index >= 15 is 0 Å². The van der Waals surface area contributed by atoms with Crippen molar-refractivity contribution in [3.63, 3.8) is 0 Å². The first kappa shape index (κ1) is 17.4. The first-order chi connectivity index (χ1) is 11.2. The highest BCUT2D eigenvalue weighted by atomic mass is 32.2. The van der Waals surface area contributed by atoms with E-state index in [1.165, 1.54) is 36.7 Å². The molecule has 0 spiro atoms. The van der Waals surface area contributed by atoms with Crippen molar-refractivity contribution >= 4 is 17.8 Å². The summed E-state index contributed by atoms with van der Waals surface area (Å²) in [5, 5.41) is 15.5. The number of nitrogens with zero attached hydrogens (tertiary/aromatic N) is 1. The number of carbonyl (C=O) groups excluding carboxylic acids is 1. The molecule has 0 fully saturated rings. The van der Waals surface area contributed by atoms with Gasteiger partial charge in [0.1, 0.15) is 11.9 Å². The number of nitriles is 1. The molecule has 23 heavy (non-hydrogen) atoms. The van der Waals surface area contributed by atoms with E-state index in [4.69, 9.17) is 0 Å². The lowest BCUT2D eigenvalue weighted by atomic mass is 9.99. The van der Waals surface area contributed by atoms with E-state index in [1.807, 2.05) is 0 Å². The molecule has 0 aliphatic carbocycles. The fourth-order valence-electron chi connectivity index (χ4n) is 2.38. The molecular formula is C17H20FN3OS. The van der Waals surface area contributed by atoms with Crippen LogP contribution in [0.1, 0.15) is 44.2 Å². The molecule has 1 aliphatic rings. The van der Waals surface area contributed by atoms with Gasteiger partial charge in [-0.1, -0.05) is 38.3 Å². The van der Waals surface area contributed by atoms with Crippen LogP contribution in [0.15, 0.2) is 34.9 Å². The van der Waals surface area contributed by atoms with E-state index in [9.17, 15) is 14.4 Å². The number of thioether (sulfide) groups is 1. The fraction of sp³-hybridized carbons (Fsp3) is 0.412. The lowest BCUT2D eigenvalue weighted by molar-refractivity contribution is 0.240. The standard InChI is InChI=1S/C17H20FN3OS/c1-2-3-4-5-10-23-16-14(11-19)15(20-17(22)21-16)12-6-8-13(18)9-7-12/h6-9,15H,2-5,10H2,1H3,(H2,20,21,22). The van der Waals surface area contributed by atoms with Crippen LogP contribution in [0.3, 0.4) is 0 Å². The number of rotatable bonds is 7. The average Bonchev–Trinajstić information content (AvgIpc) is 2.55. The topological polar surface area (TPSA) is 64.9 Å². The Morgan fingerprint density at radius 2 is 2.00 bits per heavy atom. The van der Waals surface area contributed by atoms with E-state index in [0.29, 0.717) is 16.2 Å². The van der Waals surface area contributed by atoms with E-state index in [1.54, 1.807) is 12.1 Å². The molecule has 1 aromatic rings. The van der Waals surface area contributed by atoms with Gasteiger partial charge < -0.3 is 10.6 Å². The summed E-state index contributed by atoms with van der Waals surface area (Å²) in [4.78, 5) is 11.9. The summed E-state index contributed by atoms with van der Waals surface area (Å²) in [6.07, 6.45) is 4.55. The Bertz CT molecular complexity index is 622. The van der Waals surface area contributed by atoms with Gasteiger partial charge in [-0.05, 0) is 29.9 Å². The molecule has 1 unspecified atom stereocenters. The molecule has 0 aromatic heterocycles. The number of hydrogen-bond donors (Lipinski definition) is 2. The van der Waals surface area contributed by atoms with Crippen LogP contribution in [0.2, 0.25) is 0 Å². The molecule has 2 N–H and O–H groups in total. The Labute approximate surface area is 140 Å². The summed E-state index contributed by atoms with van der Waals surface area (Å²) in [6, 6.07) is 7.14. The molecule has 4 nitrogen and oxygen atoms in total. The SMILES string of the molecule is CCCCCCSC1=C(C#N)C(c2ccc(F)cc2)NC(=O)N1. The number of unbranched alkanes of at least 4 members (excludes halogenated alkanes) is 3. The molecular weight excluding hydrogens is 313 g/mol. The number of urea groups is 1. The van der Waals surface area contributed by atoms with Gasteiger partial charge in [0.15, 0.2) is 0 Å². The molecule has 122 valence electrons. The lowest BCUT2D eigenvalue weighted by Crippen LogP contribution is -2.43. The molecule has 0 saturated heterocycles. The molecule has 2 amide bonds. The van der Waals surface area contributed by atoms with Crippen LogP contribution in [0.25, 0.3) is 0 Å². The van der Waals surface area contributed by atoms with Crippen LogP contribution >= 0.6 is 11.8 Å². The van der Waals surface area contributed by atoms with Crippen LogP contribution in [-0.4, -0.2) is 11.8 Å². The maximum absolute atomic E-state index is 13.1. The summed E-state index contributed by atoms with van der Waals surface area (Å²) in [6.45, 7) is 2.16. The zero-order valence-corrected chi connectivity index (χ0v) is 13.9. The third-order valence-corrected chi connectivity index (χ3v) is 4.71. The van der Waals surface area contributed by atoms with Crippen molar-refractivity contribution in [2.24, 2.45) is 0 Å². The Kier molecular flexibility index (Phi) is 6.48. The number of hydrogen-bond acceptors (Lipinski definition) is 3. The van der Waals surface area contributed by atoms with E-state index < -0.39 is 6.04 Å². The minimum absolute atomic E-state index is 0.339. The molecule has 0 bridgehead atoms. The molecule has 1 atom stereocenters. The molecule has 0 saturated carbocycles. The summed E-state index contributed by atoms with van der Waals surface area (Å²) in [5.41, 5.74) is 1.17. The van der Waals surface area contributed by atoms with Crippen molar-refractivity contribution in [2.45, 2.75) is 38.6 Å². The highest BCUT2D eigenvalue weighted by Gasteiger charge is 2.28. The molecule has 1 heterocycles. The third kappa shape index (κ3) is 4.73. The molecule has 1 aliphatic heterocycles. The number of amides is 2. The van der Waals surface area contributed by atoms with Crippen molar-refractivity contribution in [2.75, 3.05) is 5.75 Å².